The van der Waals surface area contributed by atoms with E-state index in [9.17, 15) is 24.6 Å². The third kappa shape index (κ3) is 3.77. The maximum Gasteiger partial charge on any atom is 0.335 e. The van der Waals surface area contributed by atoms with Gasteiger partial charge in [-0.1, -0.05) is 45.8 Å². The number of aliphatic hydroxyl groups excluding tert-OH is 1. The van der Waals surface area contributed by atoms with Gasteiger partial charge in [-0.15, -0.1) is 0 Å². The highest BCUT2D eigenvalue weighted by atomic mass is 79.9. The molecular weight excluding hydrogens is 554 g/mol. The number of imidazole rings is 1. The van der Waals surface area contributed by atoms with Crippen LogP contribution in [0.2, 0.25) is 0 Å². The molecule has 0 bridgehead atoms. The molecule has 3 heterocycles. The number of anilines is 1. The van der Waals surface area contributed by atoms with Gasteiger partial charge in [0.2, 0.25) is 11.7 Å². The second kappa shape index (κ2) is 8.70. The zero-order chi connectivity index (χ0) is 26.7. The van der Waals surface area contributed by atoms with Gasteiger partial charge in [0.1, 0.15) is 5.58 Å². The van der Waals surface area contributed by atoms with Crippen LogP contribution in [0.1, 0.15) is 38.1 Å². The lowest BCUT2D eigenvalue weighted by atomic mass is 9.94. The van der Waals surface area contributed by atoms with E-state index < -0.39 is 29.5 Å². The Morgan fingerprint density at radius 3 is 2.66 bits per heavy atom. The summed E-state index contributed by atoms with van der Waals surface area (Å²) in [7, 11) is 0. The Morgan fingerprint density at radius 1 is 1.08 bits per heavy atom. The molecule has 0 saturated heterocycles. The second-order valence-corrected chi connectivity index (χ2v) is 9.89. The number of carbonyl (C=O) groups is 3. The number of benzene rings is 3. The van der Waals surface area contributed by atoms with Crippen molar-refractivity contribution in [2.24, 2.45) is 0 Å². The lowest BCUT2D eigenvalue weighted by Gasteiger charge is -2.24. The lowest BCUT2D eigenvalue weighted by Crippen LogP contribution is -2.32. The topological polar surface area (TPSA) is 137 Å². The number of ketones is 1. The van der Waals surface area contributed by atoms with Crippen LogP contribution in [-0.2, 0) is 4.79 Å². The number of aryl methyl sites for hydroxylation is 1. The van der Waals surface area contributed by atoms with Crippen molar-refractivity contribution in [2.75, 3.05) is 4.90 Å². The first-order valence-electron chi connectivity index (χ1n) is 11.5. The predicted octanol–water partition coefficient (Wildman–Crippen LogP) is 5.86. The van der Waals surface area contributed by atoms with Gasteiger partial charge >= 0.3 is 5.97 Å². The van der Waals surface area contributed by atoms with Crippen LogP contribution in [0.25, 0.3) is 22.0 Å². The van der Waals surface area contributed by atoms with E-state index in [1.165, 1.54) is 23.1 Å². The largest absolute Gasteiger partial charge is 0.503 e. The van der Waals surface area contributed by atoms with E-state index in [-0.39, 0.29) is 22.8 Å². The molecule has 0 radical (unpaired) electrons. The van der Waals surface area contributed by atoms with Crippen molar-refractivity contribution in [2.45, 2.75) is 13.0 Å². The highest BCUT2D eigenvalue weighted by Crippen LogP contribution is 2.42. The maximum atomic E-state index is 13.8. The first-order chi connectivity index (χ1) is 18.2. The first-order valence-corrected chi connectivity index (χ1v) is 12.3. The summed E-state index contributed by atoms with van der Waals surface area (Å²) in [4.78, 5) is 47.3. The number of hydrogen-bond acceptors (Lipinski definition) is 6. The number of amides is 1. The molecule has 2 aromatic heterocycles. The molecule has 3 N–H and O–H groups in total. The quantitative estimate of drug-likeness (QED) is 0.224. The van der Waals surface area contributed by atoms with Gasteiger partial charge in [0.05, 0.1) is 28.2 Å². The Balaban J connectivity index is 1.50. The number of nitrogens with zero attached hydrogens (tertiary/aromatic N) is 2. The van der Waals surface area contributed by atoms with Crippen molar-refractivity contribution in [3.05, 3.63) is 105 Å². The number of aromatic carboxylic acids is 1. The molecule has 9 nitrogen and oxygen atoms in total. The molecule has 0 aliphatic carbocycles. The number of halogens is 1. The minimum atomic E-state index is -1.11. The molecule has 0 spiro atoms. The summed E-state index contributed by atoms with van der Waals surface area (Å²) >= 11 is 3.40. The summed E-state index contributed by atoms with van der Waals surface area (Å²) in [6, 6.07) is 17.4. The van der Waals surface area contributed by atoms with Gasteiger partial charge in [-0.25, -0.2) is 9.78 Å². The molecule has 0 fully saturated rings. The van der Waals surface area contributed by atoms with E-state index in [1.807, 2.05) is 19.1 Å². The fourth-order valence-electron chi connectivity index (χ4n) is 4.71. The summed E-state index contributed by atoms with van der Waals surface area (Å²) in [6.07, 6.45) is 0. The molecule has 1 unspecified atom stereocenters. The van der Waals surface area contributed by atoms with Gasteiger partial charge in [-0.05, 0) is 55.0 Å². The van der Waals surface area contributed by atoms with Gasteiger partial charge in [0.25, 0.3) is 5.91 Å². The summed E-state index contributed by atoms with van der Waals surface area (Å²) in [6.45, 7) is 1.88. The highest BCUT2D eigenvalue weighted by Gasteiger charge is 2.46. The number of H-pyrrole nitrogens is 1. The third-order valence-corrected chi connectivity index (χ3v) is 6.95. The lowest BCUT2D eigenvalue weighted by molar-refractivity contribution is -0.117. The number of carboxylic acid groups (broad SMARTS) is 1. The maximum absolute atomic E-state index is 13.8. The van der Waals surface area contributed by atoms with Crippen molar-refractivity contribution in [1.82, 2.24) is 9.97 Å². The minimum Gasteiger partial charge on any atom is -0.503 e. The number of rotatable bonds is 5. The number of aromatic nitrogens is 2. The SMILES string of the molecule is Cc1cccc(C2C(C(=O)c3cc4cc(Br)ccc4o3)=C(O)C(=O)N2c2nc3ccc(C(=O)O)cc3[nH]2)c1. The summed E-state index contributed by atoms with van der Waals surface area (Å²) in [5.41, 5.74) is 2.65. The Hall–Kier alpha value is -4.70. The molecule has 3 aromatic carbocycles. The number of furan rings is 1. The van der Waals surface area contributed by atoms with E-state index in [0.717, 1.165) is 10.0 Å². The Labute approximate surface area is 223 Å². The zero-order valence-corrected chi connectivity index (χ0v) is 21.3. The Bertz CT molecular complexity index is 1850. The number of aromatic amines is 1. The smallest absolute Gasteiger partial charge is 0.335 e. The fraction of sp³-hybridized carbons (Fsp3) is 0.0714. The number of hydrogen-bond donors (Lipinski definition) is 3. The van der Waals surface area contributed by atoms with Crippen LogP contribution in [-0.4, -0.2) is 37.8 Å². The number of aliphatic hydroxyl groups is 1. The normalized spacial score (nSPS) is 15.7. The summed E-state index contributed by atoms with van der Waals surface area (Å²) in [5.74, 6) is -3.25. The fourth-order valence-corrected chi connectivity index (χ4v) is 5.09. The van der Waals surface area contributed by atoms with Crippen LogP contribution in [0.5, 0.6) is 0 Å². The molecule has 1 atom stereocenters. The highest BCUT2D eigenvalue weighted by molar-refractivity contribution is 9.10. The number of carboxylic acids is 1. The molecule has 1 amide bonds. The molecule has 188 valence electrons. The van der Waals surface area contributed by atoms with Crippen LogP contribution in [0.15, 0.2) is 87.0 Å². The van der Waals surface area contributed by atoms with E-state index in [0.29, 0.717) is 27.6 Å². The Morgan fingerprint density at radius 2 is 1.89 bits per heavy atom. The van der Waals surface area contributed by atoms with Gasteiger partial charge < -0.3 is 19.6 Å². The molecule has 5 aromatic rings. The molecule has 1 aliphatic heterocycles. The minimum absolute atomic E-state index is 0.0253. The van der Waals surface area contributed by atoms with Gasteiger partial charge in [0, 0.05) is 9.86 Å². The monoisotopic (exact) mass is 571 g/mol. The molecule has 10 heteroatoms. The van der Waals surface area contributed by atoms with Gasteiger partial charge in [-0.3, -0.25) is 14.5 Å². The van der Waals surface area contributed by atoms with E-state index >= 15 is 0 Å². The van der Waals surface area contributed by atoms with Gasteiger partial charge in [-0.2, -0.15) is 0 Å². The second-order valence-electron chi connectivity index (χ2n) is 8.97. The predicted molar refractivity (Wildman–Crippen MR) is 142 cm³/mol. The van der Waals surface area contributed by atoms with E-state index in [4.69, 9.17) is 4.42 Å². The zero-order valence-electron chi connectivity index (χ0n) is 19.7. The van der Waals surface area contributed by atoms with Crippen molar-refractivity contribution >= 4 is 61.5 Å². The Kier molecular flexibility index (Phi) is 5.42. The molecule has 6 rings (SSSR count). The van der Waals surface area contributed by atoms with Gasteiger partial charge in [0.15, 0.2) is 11.5 Å². The van der Waals surface area contributed by atoms with Crippen LogP contribution >= 0.6 is 15.9 Å². The summed E-state index contributed by atoms with van der Waals surface area (Å²) in [5, 5.41) is 21.1. The average molecular weight is 572 g/mol. The van der Waals surface area contributed by atoms with E-state index in [2.05, 4.69) is 25.9 Å². The van der Waals surface area contributed by atoms with Crippen molar-refractivity contribution in [1.29, 1.82) is 0 Å². The third-order valence-electron chi connectivity index (χ3n) is 6.46. The molecule has 38 heavy (non-hydrogen) atoms. The average Bonchev–Trinajstić information content (AvgIpc) is 3.57. The molecular formula is C28H18BrN3O6. The number of Topliss-reactive ketones (excluding diaryl/α,β-unsaturated/α-hetero) is 1. The van der Waals surface area contributed by atoms with Crippen LogP contribution < -0.4 is 4.90 Å². The first kappa shape index (κ1) is 23.7. The number of fused-ring (bicyclic) bond motifs is 2. The number of carbonyl (C=O) groups excluding carboxylic acids is 2. The van der Waals surface area contributed by atoms with Crippen molar-refractivity contribution in [3.63, 3.8) is 0 Å². The van der Waals surface area contributed by atoms with Crippen LogP contribution in [0, 0.1) is 6.92 Å². The van der Waals surface area contributed by atoms with Crippen LogP contribution in [0.3, 0.4) is 0 Å². The van der Waals surface area contributed by atoms with Crippen molar-refractivity contribution < 1.29 is 29.0 Å². The van der Waals surface area contributed by atoms with Crippen LogP contribution in [0.4, 0.5) is 5.95 Å². The number of nitrogens with one attached hydrogen (secondary N) is 1. The molecule has 0 saturated carbocycles. The summed E-state index contributed by atoms with van der Waals surface area (Å²) < 4.78 is 6.60. The van der Waals surface area contributed by atoms with E-state index in [1.54, 1.807) is 36.4 Å². The van der Waals surface area contributed by atoms with Crippen molar-refractivity contribution in [3.8, 4) is 0 Å². The standard InChI is InChI=1S/C28H18BrN3O6/c1-13-3-2-4-14(9-13)23-22(24(33)21-12-16-10-17(29)6-8-20(16)38-21)25(34)26(35)32(23)28-30-18-7-5-15(27(36)37)11-19(18)31-28/h2-12,23,34H,1H3,(H,30,31)(H,36,37). The molecule has 1 aliphatic rings.